The number of aromatic nitrogens is 3. The van der Waals surface area contributed by atoms with Crippen molar-refractivity contribution < 1.29 is 19.0 Å². The first-order chi connectivity index (χ1) is 13.6. The largest absolute Gasteiger partial charge is 0.497 e. The van der Waals surface area contributed by atoms with E-state index < -0.39 is 0 Å². The van der Waals surface area contributed by atoms with Crippen molar-refractivity contribution >= 4 is 11.6 Å². The molecule has 0 bridgehead atoms. The van der Waals surface area contributed by atoms with Gasteiger partial charge in [-0.15, -0.1) is 5.10 Å². The lowest BCUT2D eigenvalue weighted by molar-refractivity contribution is -0.119. The molecule has 1 N–H and O–H groups in total. The maximum absolute atomic E-state index is 11.6. The smallest absolute Gasteiger partial charge is 0.336 e. The summed E-state index contributed by atoms with van der Waals surface area (Å²) < 4.78 is 17.2. The lowest BCUT2D eigenvalue weighted by Crippen LogP contribution is -2.17. The Morgan fingerprint density at radius 3 is 2.39 bits per heavy atom. The quantitative estimate of drug-likeness (QED) is 0.645. The predicted molar refractivity (Wildman–Crippen MR) is 105 cm³/mol. The Labute approximate surface area is 163 Å². The van der Waals surface area contributed by atoms with E-state index in [0.29, 0.717) is 24.1 Å². The molecule has 8 heteroatoms. The van der Waals surface area contributed by atoms with Crippen molar-refractivity contribution in [2.45, 2.75) is 6.92 Å². The number of rotatable bonds is 8. The summed E-state index contributed by atoms with van der Waals surface area (Å²) in [6.07, 6.45) is 0. The number of hydrogen-bond donors (Lipinski definition) is 1. The third-order valence-corrected chi connectivity index (χ3v) is 3.88. The second kappa shape index (κ2) is 9.01. The number of benzene rings is 2. The average Bonchev–Trinajstić information content (AvgIpc) is 3.13. The minimum Gasteiger partial charge on any atom is -0.497 e. The van der Waals surface area contributed by atoms with Gasteiger partial charge in [0.05, 0.1) is 19.4 Å². The molecule has 1 amide bonds. The molecule has 0 saturated carbocycles. The van der Waals surface area contributed by atoms with Crippen LogP contribution in [0.5, 0.6) is 11.8 Å². The van der Waals surface area contributed by atoms with Gasteiger partial charge in [0.25, 0.3) is 0 Å². The summed E-state index contributed by atoms with van der Waals surface area (Å²) in [7, 11) is 3.10. The normalized spacial score (nSPS) is 10.5. The van der Waals surface area contributed by atoms with Gasteiger partial charge in [0.15, 0.2) is 5.82 Å². The molecule has 0 spiro atoms. The number of amides is 1. The molecule has 0 aliphatic carbocycles. The Hall–Kier alpha value is -3.39. The molecular weight excluding hydrogens is 360 g/mol. The number of anilines is 1. The van der Waals surface area contributed by atoms with E-state index in [2.05, 4.69) is 15.4 Å². The van der Waals surface area contributed by atoms with Crippen molar-refractivity contribution in [3.8, 4) is 28.8 Å². The van der Waals surface area contributed by atoms with Gasteiger partial charge in [-0.3, -0.25) is 4.79 Å². The van der Waals surface area contributed by atoms with E-state index in [1.807, 2.05) is 43.3 Å². The number of methoxy groups -OCH3 is 2. The van der Waals surface area contributed by atoms with Crippen LogP contribution in [-0.4, -0.2) is 48.1 Å². The van der Waals surface area contributed by atoms with Gasteiger partial charge in [-0.05, 0) is 55.5 Å². The SMILES string of the molecule is CCOc1nc(-c2ccc(OC)cc2)n(-c2ccc(NC(=O)COC)cc2)n1. The molecular formula is C20H22N4O4. The van der Waals surface area contributed by atoms with Crippen LogP contribution in [0.4, 0.5) is 5.69 Å². The van der Waals surface area contributed by atoms with Crippen LogP contribution in [-0.2, 0) is 9.53 Å². The van der Waals surface area contributed by atoms with Crippen LogP contribution in [0.15, 0.2) is 48.5 Å². The first-order valence-electron chi connectivity index (χ1n) is 8.78. The lowest BCUT2D eigenvalue weighted by Gasteiger charge is -2.08. The van der Waals surface area contributed by atoms with E-state index in [-0.39, 0.29) is 12.5 Å². The molecule has 0 aliphatic rings. The zero-order valence-corrected chi connectivity index (χ0v) is 16.0. The van der Waals surface area contributed by atoms with Crippen LogP contribution in [0, 0.1) is 0 Å². The average molecular weight is 382 g/mol. The third kappa shape index (κ3) is 4.47. The summed E-state index contributed by atoms with van der Waals surface area (Å²) in [4.78, 5) is 16.1. The molecule has 146 valence electrons. The second-order valence-corrected chi connectivity index (χ2v) is 5.82. The number of nitrogens with zero attached hydrogens (tertiary/aromatic N) is 3. The maximum atomic E-state index is 11.6. The van der Waals surface area contributed by atoms with E-state index in [1.165, 1.54) is 7.11 Å². The van der Waals surface area contributed by atoms with Crippen LogP contribution in [0.2, 0.25) is 0 Å². The van der Waals surface area contributed by atoms with Crippen molar-refractivity contribution in [2.75, 3.05) is 32.8 Å². The van der Waals surface area contributed by atoms with E-state index in [9.17, 15) is 4.79 Å². The predicted octanol–water partition coefficient (Wildman–Crippen LogP) is 2.93. The van der Waals surface area contributed by atoms with Crippen LogP contribution in [0.3, 0.4) is 0 Å². The molecule has 3 aromatic rings. The van der Waals surface area contributed by atoms with Crippen LogP contribution >= 0.6 is 0 Å². The maximum Gasteiger partial charge on any atom is 0.336 e. The number of hydrogen-bond acceptors (Lipinski definition) is 6. The molecule has 3 rings (SSSR count). The summed E-state index contributed by atoms with van der Waals surface area (Å²) in [6.45, 7) is 2.35. The van der Waals surface area contributed by atoms with Gasteiger partial charge in [0, 0.05) is 18.4 Å². The summed E-state index contributed by atoms with van der Waals surface area (Å²) in [5.41, 5.74) is 2.33. The molecule has 0 atom stereocenters. The van der Waals surface area contributed by atoms with E-state index in [4.69, 9.17) is 14.2 Å². The van der Waals surface area contributed by atoms with Gasteiger partial charge in [0.1, 0.15) is 12.4 Å². The molecule has 0 aliphatic heterocycles. The minimum absolute atomic E-state index is 0.00413. The third-order valence-electron chi connectivity index (χ3n) is 3.88. The Bertz CT molecular complexity index is 920. The van der Waals surface area contributed by atoms with Gasteiger partial charge in [-0.1, -0.05) is 0 Å². The Kier molecular flexibility index (Phi) is 6.23. The molecule has 1 heterocycles. The van der Waals surface area contributed by atoms with Gasteiger partial charge in [0.2, 0.25) is 5.91 Å². The highest BCUT2D eigenvalue weighted by Crippen LogP contribution is 2.26. The summed E-state index contributed by atoms with van der Waals surface area (Å²) in [6, 6.07) is 15.1. The number of carbonyl (C=O) groups is 1. The number of ether oxygens (including phenoxy) is 3. The van der Waals surface area contributed by atoms with Gasteiger partial charge in [-0.25, -0.2) is 4.68 Å². The molecule has 1 aromatic heterocycles. The highest BCUT2D eigenvalue weighted by molar-refractivity contribution is 5.91. The highest BCUT2D eigenvalue weighted by Gasteiger charge is 2.15. The number of carbonyl (C=O) groups excluding carboxylic acids is 1. The standard InChI is InChI=1S/C20H22N4O4/c1-4-28-20-22-19(14-5-11-17(27-3)12-6-14)24(23-20)16-9-7-15(8-10-16)21-18(25)13-26-2/h5-12H,4,13H2,1-3H3,(H,21,25). The lowest BCUT2D eigenvalue weighted by atomic mass is 10.2. The molecule has 0 saturated heterocycles. The van der Waals surface area contributed by atoms with Gasteiger partial charge < -0.3 is 19.5 Å². The number of nitrogens with one attached hydrogen (secondary N) is 1. The fourth-order valence-electron chi connectivity index (χ4n) is 2.60. The molecule has 0 unspecified atom stereocenters. The van der Waals surface area contributed by atoms with Crippen molar-refractivity contribution in [3.05, 3.63) is 48.5 Å². The zero-order chi connectivity index (χ0) is 19.9. The van der Waals surface area contributed by atoms with E-state index >= 15 is 0 Å². The first-order valence-corrected chi connectivity index (χ1v) is 8.78. The summed E-state index contributed by atoms with van der Waals surface area (Å²) in [5, 5.41) is 7.21. The van der Waals surface area contributed by atoms with E-state index in [0.717, 1.165) is 17.0 Å². The van der Waals surface area contributed by atoms with Gasteiger partial charge in [-0.2, -0.15) is 4.98 Å². The Balaban J connectivity index is 1.92. The van der Waals surface area contributed by atoms with Crippen molar-refractivity contribution in [1.29, 1.82) is 0 Å². The first kappa shape index (κ1) is 19.4. The molecule has 28 heavy (non-hydrogen) atoms. The molecule has 0 fully saturated rings. The summed E-state index contributed by atoms with van der Waals surface area (Å²) >= 11 is 0. The Morgan fingerprint density at radius 2 is 1.79 bits per heavy atom. The Morgan fingerprint density at radius 1 is 1.07 bits per heavy atom. The highest BCUT2D eigenvalue weighted by atomic mass is 16.5. The fraction of sp³-hybridized carbons (Fsp3) is 0.250. The van der Waals surface area contributed by atoms with E-state index in [1.54, 1.807) is 23.9 Å². The van der Waals surface area contributed by atoms with Crippen molar-refractivity contribution in [2.24, 2.45) is 0 Å². The zero-order valence-electron chi connectivity index (χ0n) is 16.0. The topological polar surface area (TPSA) is 87.5 Å². The van der Waals surface area contributed by atoms with Crippen molar-refractivity contribution in [1.82, 2.24) is 14.8 Å². The molecule has 0 radical (unpaired) electrons. The summed E-state index contributed by atoms with van der Waals surface area (Å²) in [5.74, 6) is 1.19. The van der Waals surface area contributed by atoms with Crippen LogP contribution in [0.25, 0.3) is 17.1 Å². The van der Waals surface area contributed by atoms with Gasteiger partial charge >= 0.3 is 6.01 Å². The minimum atomic E-state index is -0.214. The van der Waals surface area contributed by atoms with Crippen molar-refractivity contribution in [3.63, 3.8) is 0 Å². The fourth-order valence-corrected chi connectivity index (χ4v) is 2.60. The monoisotopic (exact) mass is 382 g/mol. The molecule has 8 nitrogen and oxygen atoms in total. The molecule has 2 aromatic carbocycles. The van der Waals surface area contributed by atoms with Crippen LogP contribution in [0.1, 0.15) is 6.92 Å². The second-order valence-electron chi connectivity index (χ2n) is 5.82. The van der Waals surface area contributed by atoms with Crippen LogP contribution < -0.4 is 14.8 Å².